The first-order valence-corrected chi connectivity index (χ1v) is 6.87. The Morgan fingerprint density at radius 3 is 2.41 bits per heavy atom. The van der Waals surface area contributed by atoms with Gasteiger partial charge in [-0.05, 0) is 6.42 Å². The number of aliphatic carboxylic acids is 1. The highest BCUT2D eigenvalue weighted by molar-refractivity contribution is 7.80. The summed E-state index contributed by atoms with van der Waals surface area (Å²) in [4.78, 5) is 44.7. The first-order chi connectivity index (χ1) is 10.3. The monoisotopic (exact) mass is 337 g/mol. The zero-order valence-corrected chi connectivity index (χ0v) is 12.5. The summed E-state index contributed by atoms with van der Waals surface area (Å²) in [5.74, 6) is -3.33. The number of rotatable bonds is 10. The third kappa shape index (κ3) is 8.44. The molecule has 0 saturated heterocycles. The Bertz CT molecular complexity index is 418. The van der Waals surface area contributed by atoms with Crippen molar-refractivity contribution >= 4 is 36.4 Å². The largest absolute Gasteiger partial charge is 0.480 e. The third-order valence-corrected chi connectivity index (χ3v) is 2.83. The number of carboxylic acid groups (broad SMARTS) is 1. The van der Waals surface area contributed by atoms with Gasteiger partial charge in [0.1, 0.15) is 18.6 Å². The molecule has 0 aromatic carbocycles. The van der Waals surface area contributed by atoms with Crippen molar-refractivity contribution in [1.29, 1.82) is 0 Å². The molecule has 0 heterocycles. The molecule has 2 amide bonds. The average molecular weight is 337 g/mol. The SMILES string of the molecule is NC(CCC(=O)NC(CS)C(=O)NCC(=O)OCO)C(=O)O. The molecule has 0 aliphatic carbocycles. The summed E-state index contributed by atoms with van der Waals surface area (Å²) < 4.78 is 4.20. The minimum absolute atomic E-state index is 0.0302. The number of ether oxygens (including phenoxy) is 1. The van der Waals surface area contributed by atoms with Gasteiger partial charge in [0.15, 0.2) is 6.79 Å². The van der Waals surface area contributed by atoms with E-state index in [0.29, 0.717) is 0 Å². The molecule has 2 atom stereocenters. The molecular formula is C11H19N3O7S. The Hall–Kier alpha value is -1.85. The topological polar surface area (TPSA) is 168 Å². The second-order valence-corrected chi connectivity index (χ2v) is 4.51. The first kappa shape index (κ1) is 20.1. The van der Waals surface area contributed by atoms with Gasteiger partial charge in [-0.2, -0.15) is 12.6 Å². The van der Waals surface area contributed by atoms with Crippen LogP contribution >= 0.6 is 12.6 Å². The van der Waals surface area contributed by atoms with Crippen molar-refractivity contribution in [3.05, 3.63) is 0 Å². The molecule has 10 nitrogen and oxygen atoms in total. The maximum Gasteiger partial charge on any atom is 0.327 e. The number of hydrogen-bond acceptors (Lipinski definition) is 8. The van der Waals surface area contributed by atoms with E-state index in [1.165, 1.54) is 0 Å². The highest BCUT2D eigenvalue weighted by Gasteiger charge is 2.21. The first-order valence-electron chi connectivity index (χ1n) is 6.24. The standard InChI is InChI=1S/C11H19N3O7S/c12-6(11(19)20)1-2-8(16)14-7(4-22)10(18)13-3-9(17)21-5-15/h6-7,15,22H,1-5,12H2,(H,13,18)(H,14,16)(H,19,20). The maximum atomic E-state index is 11.7. The van der Waals surface area contributed by atoms with Crippen LogP contribution in [0.5, 0.6) is 0 Å². The number of carbonyl (C=O) groups excluding carboxylic acids is 3. The second kappa shape index (κ2) is 10.8. The molecule has 0 rings (SSSR count). The van der Waals surface area contributed by atoms with Crippen LogP contribution in [0.25, 0.3) is 0 Å². The van der Waals surface area contributed by atoms with Crippen LogP contribution in [0.2, 0.25) is 0 Å². The van der Waals surface area contributed by atoms with Crippen molar-refractivity contribution in [1.82, 2.24) is 10.6 Å². The summed E-state index contributed by atoms with van der Waals surface area (Å²) in [6.07, 6.45) is -0.248. The molecule has 11 heteroatoms. The van der Waals surface area contributed by atoms with Gasteiger partial charge < -0.3 is 31.3 Å². The Labute approximate surface area is 131 Å². The van der Waals surface area contributed by atoms with E-state index in [2.05, 4.69) is 28.0 Å². The van der Waals surface area contributed by atoms with Gasteiger partial charge in [0.25, 0.3) is 0 Å². The van der Waals surface area contributed by atoms with Crippen molar-refractivity contribution in [2.75, 3.05) is 19.1 Å². The van der Waals surface area contributed by atoms with Crippen LogP contribution in [-0.2, 0) is 23.9 Å². The number of nitrogens with two attached hydrogens (primary N) is 1. The highest BCUT2D eigenvalue weighted by Crippen LogP contribution is 1.97. The zero-order valence-electron chi connectivity index (χ0n) is 11.7. The summed E-state index contributed by atoms with van der Waals surface area (Å²) in [7, 11) is 0. The molecule has 0 spiro atoms. The molecular weight excluding hydrogens is 318 g/mol. The molecule has 22 heavy (non-hydrogen) atoms. The number of thiol groups is 1. The molecule has 126 valence electrons. The van der Waals surface area contributed by atoms with E-state index < -0.39 is 49.2 Å². The highest BCUT2D eigenvalue weighted by atomic mass is 32.1. The van der Waals surface area contributed by atoms with Crippen LogP contribution in [0.3, 0.4) is 0 Å². The van der Waals surface area contributed by atoms with Crippen molar-refractivity contribution in [2.24, 2.45) is 5.73 Å². The fourth-order valence-corrected chi connectivity index (χ4v) is 1.53. The molecule has 0 radical (unpaired) electrons. The van der Waals surface area contributed by atoms with Crippen LogP contribution in [-0.4, -0.2) is 65.1 Å². The van der Waals surface area contributed by atoms with Gasteiger partial charge in [-0.25, -0.2) is 0 Å². The number of amides is 2. The minimum atomic E-state index is -1.22. The summed E-state index contributed by atoms with van der Waals surface area (Å²) in [6, 6.07) is -2.17. The smallest absolute Gasteiger partial charge is 0.327 e. The van der Waals surface area contributed by atoms with Gasteiger partial charge in [0.2, 0.25) is 11.8 Å². The molecule has 0 aliphatic heterocycles. The molecule has 0 aliphatic rings. The predicted molar refractivity (Wildman–Crippen MR) is 76.8 cm³/mol. The fraction of sp³-hybridized carbons (Fsp3) is 0.636. The number of carboxylic acids is 1. The van der Waals surface area contributed by atoms with Gasteiger partial charge in [0.05, 0.1) is 0 Å². The van der Waals surface area contributed by atoms with E-state index in [1.807, 2.05) is 0 Å². The van der Waals surface area contributed by atoms with Crippen molar-refractivity contribution < 1.29 is 34.1 Å². The van der Waals surface area contributed by atoms with E-state index in [-0.39, 0.29) is 18.6 Å². The van der Waals surface area contributed by atoms with E-state index >= 15 is 0 Å². The number of aliphatic hydroxyl groups is 1. The van der Waals surface area contributed by atoms with E-state index in [9.17, 15) is 19.2 Å². The van der Waals surface area contributed by atoms with E-state index in [4.69, 9.17) is 15.9 Å². The van der Waals surface area contributed by atoms with Crippen LogP contribution in [0.4, 0.5) is 0 Å². The summed E-state index contributed by atoms with van der Waals surface area (Å²) in [5.41, 5.74) is 5.25. The van der Waals surface area contributed by atoms with Gasteiger partial charge >= 0.3 is 11.9 Å². The number of aliphatic hydroxyl groups excluding tert-OH is 1. The predicted octanol–water partition coefficient (Wildman–Crippen LogP) is -2.80. The van der Waals surface area contributed by atoms with Gasteiger partial charge in [0, 0.05) is 12.2 Å². The van der Waals surface area contributed by atoms with Crippen molar-refractivity contribution in [3.8, 4) is 0 Å². The fourth-order valence-electron chi connectivity index (χ4n) is 1.28. The van der Waals surface area contributed by atoms with E-state index in [1.54, 1.807) is 0 Å². The lowest BCUT2D eigenvalue weighted by atomic mass is 10.1. The molecule has 0 saturated carbocycles. The molecule has 0 aromatic rings. The average Bonchev–Trinajstić information content (AvgIpc) is 2.47. The molecule has 6 N–H and O–H groups in total. The number of carbonyl (C=O) groups is 4. The normalized spacial score (nSPS) is 12.9. The third-order valence-electron chi connectivity index (χ3n) is 2.47. The van der Waals surface area contributed by atoms with E-state index in [0.717, 1.165) is 0 Å². The quantitative estimate of drug-likeness (QED) is 0.141. The second-order valence-electron chi connectivity index (χ2n) is 4.15. The minimum Gasteiger partial charge on any atom is -0.480 e. The van der Waals surface area contributed by atoms with Crippen LogP contribution in [0.1, 0.15) is 12.8 Å². The Morgan fingerprint density at radius 1 is 1.27 bits per heavy atom. The Morgan fingerprint density at radius 2 is 1.91 bits per heavy atom. The number of nitrogens with one attached hydrogen (secondary N) is 2. The molecule has 2 unspecified atom stereocenters. The lowest BCUT2D eigenvalue weighted by Gasteiger charge is -2.16. The van der Waals surface area contributed by atoms with Crippen LogP contribution < -0.4 is 16.4 Å². The molecule has 0 bridgehead atoms. The van der Waals surface area contributed by atoms with Crippen molar-refractivity contribution in [2.45, 2.75) is 24.9 Å². The summed E-state index contributed by atoms with van der Waals surface area (Å²) in [6.45, 7) is -1.27. The summed E-state index contributed by atoms with van der Waals surface area (Å²) >= 11 is 3.91. The van der Waals surface area contributed by atoms with Crippen LogP contribution in [0, 0.1) is 0 Å². The lowest BCUT2D eigenvalue weighted by molar-refractivity contribution is -0.151. The molecule has 0 fully saturated rings. The molecule has 0 aromatic heterocycles. The van der Waals surface area contributed by atoms with Crippen LogP contribution in [0.15, 0.2) is 0 Å². The van der Waals surface area contributed by atoms with Crippen molar-refractivity contribution in [3.63, 3.8) is 0 Å². The van der Waals surface area contributed by atoms with Gasteiger partial charge in [-0.15, -0.1) is 0 Å². The Balaban J connectivity index is 4.23. The summed E-state index contributed by atoms with van der Waals surface area (Å²) in [5, 5.41) is 21.5. The van der Waals surface area contributed by atoms with Gasteiger partial charge in [-0.1, -0.05) is 0 Å². The zero-order chi connectivity index (χ0) is 17.1. The number of hydrogen-bond donors (Lipinski definition) is 6. The maximum absolute atomic E-state index is 11.7. The lowest BCUT2D eigenvalue weighted by Crippen LogP contribution is -2.49. The van der Waals surface area contributed by atoms with Gasteiger partial charge in [-0.3, -0.25) is 19.2 Å². The number of esters is 1. The Kier molecular flexibility index (Phi) is 9.91.